The highest BCUT2D eigenvalue weighted by molar-refractivity contribution is 9.10. The van der Waals surface area contributed by atoms with Crippen molar-refractivity contribution in [1.29, 1.82) is 0 Å². The summed E-state index contributed by atoms with van der Waals surface area (Å²) >= 11 is 3.36. The average molecular weight is 282 g/mol. The van der Waals surface area contributed by atoms with Gasteiger partial charge in [0.2, 0.25) is 0 Å². The molecule has 1 rings (SSSR count). The minimum atomic E-state index is 0.0480. The van der Waals surface area contributed by atoms with Gasteiger partial charge < -0.3 is 4.90 Å². The lowest BCUT2D eigenvalue weighted by Gasteiger charge is -2.21. The molecule has 0 aliphatic rings. The monoisotopic (exact) mass is 281 g/mol. The summed E-state index contributed by atoms with van der Waals surface area (Å²) in [5, 5.41) is 0. The van der Waals surface area contributed by atoms with E-state index in [-0.39, 0.29) is 5.91 Å². The molecule has 86 valence electrons. The molecule has 0 N–H and O–H groups in total. The molecule has 16 heavy (non-hydrogen) atoms. The van der Waals surface area contributed by atoms with Crippen LogP contribution < -0.4 is 0 Å². The van der Waals surface area contributed by atoms with E-state index in [1.54, 1.807) is 4.90 Å². The number of amides is 1. The van der Waals surface area contributed by atoms with Gasteiger partial charge in [-0.1, -0.05) is 34.1 Å². The second-order valence-corrected chi connectivity index (χ2v) is 4.70. The highest BCUT2D eigenvalue weighted by Crippen LogP contribution is 2.14. The van der Waals surface area contributed by atoms with Gasteiger partial charge in [-0.3, -0.25) is 4.79 Å². The molecule has 1 aromatic rings. The Labute approximate surface area is 105 Å². The van der Waals surface area contributed by atoms with Crippen LogP contribution in [0.1, 0.15) is 24.2 Å². The molecule has 0 bridgehead atoms. The van der Waals surface area contributed by atoms with Gasteiger partial charge >= 0.3 is 0 Å². The van der Waals surface area contributed by atoms with Crippen LogP contribution in [0.2, 0.25) is 0 Å². The third-order valence-electron chi connectivity index (χ3n) is 2.20. The number of hydrogen-bond acceptors (Lipinski definition) is 1. The lowest BCUT2D eigenvalue weighted by atomic mass is 10.2. The second kappa shape index (κ2) is 5.85. The summed E-state index contributed by atoms with van der Waals surface area (Å²) in [6, 6.07) is 7.44. The summed E-state index contributed by atoms with van der Waals surface area (Å²) in [4.78, 5) is 13.9. The van der Waals surface area contributed by atoms with Crippen molar-refractivity contribution in [3.8, 4) is 0 Å². The van der Waals surface area contributed by atoms with Crippen LogP contribution in [0.4, 0.5) is 0 Å². The van der Waals surface area contributed by atoms with Crippen molar-refractivity contribution in [2.75, 3.05) is 13.1 Å². The predicted molar refractivity (Wildman–Crippen MR) is 70.5 cm³/mol. The Bertz CT molecular complexity index is 401. The second-order valence-electron chi connectivity index (χ2n) is 3.79. The van der Waals surface area contributed by atoms with Crippen LogP contribution in [-0.2, 0) is 0 Å². The van der Waals surface area contributed by atoms with Crippen LogP contribution >= 0.6 is 15.9 Å². The van der Waals surface area contributed by atoms with Gasteiger partial charge in [-0.05, 0) is 32.0 Å². The summed E-state index contributed by atoms with van der Waals surface area (Å²) in [6.45, 7) is 9.04. The minimum absolute atomic E-state index is 0.0480. The maximum absolute atomic E-state index is 12.1. The quantitative estimate of drug-likeness (QED) is 0.774. The normalized spacial score (nSPS) is 9.94. The van der Waals surface area contributed by atoms with E-state index in [2.05, 4.69) is 22.5 Å². The number of benzene rings is 1. The van der Waals surface area contributed by atoms with Crippen molar-refractivity contribution in [3.63, 3.8) is 0 Å². The van der Waals surface area contributed by atoms with E-state index in [1.807, 2.05) is 38.1 Å². The zero-order chi connectivity index (χ0) is 12.1. The van der Waals surface area contributed by atoms with Gasteiger partial charge in [0.1, 0.15) is 0 Å². The van der Waals surface area contributed by atoms with Crippen molar-refractivity contribution in [3.05, 3.63) is 46.5 Å². The van der Waals surface area contributed by atoms with Crippen LogP contribution in [0.3, 0.4) is 0 Å². The Morgan fingerprint density at radius 1 is 1.50 bits per heavy atom. The summed E-state index contributed by atoms with van der Waals surface area (Å²) in [7, 11) is 0. The first kappa shape index (κ1) is 13.0. The van der Waals surface area contributed by atoms with E-state index in [4.69, 9.17) is 0 Å². The van der Waals surface area contributed by atoms with E-state index >= 15 is 0 Å². The molecule has 0 aliphatic carbocycles. The van der Waals surface area contributed by atoms with Crippen LogP contribution in [0, 0.1) is 0 Å². The Morgan fingerprint density at radius 2 is 2.19 bits per heavy atom. The van der Waals surface area contributed by atoms with E-state index in [1.165, 1.54) is 0 Å². The number of hydrogen-bond donors (Lipinski definition) is 0. The molecule has 1 aromatic carbocycles. The molecule has 0 fully saturated rings. The smallest absolute Gasteiger partial charge is 0.254 e. The van der Waals surface area contributed by atoms with Crippen LogP contribution in [-0.4, -0.2) is 23.9 Å². The zero-order valence-corrected chi connectivity index (χ0v) is 11.3. The molecule has 0 spiro atoms. The molecule has 0 unspecified atom stereocenters. The predicted octanol–water partition coefficient (Wildman–Crippen LogP) is 3.49. The minimum Gasteiger partial charge on any atom is -0.335 e. The lowest BCUT2D eigenvalue weighted by Crippen LogP contribution is -2.32. The zero-order valence-electron chi connectivity index (χ0n) is 9.66. The first-order valence-electron chi connectivity index (χ1n) is 5.23. The van der Waals surface area contributed by atoms with E-state index < -0.39 is 0 Å². The largest absolute Gasteiger partial charge is 0.335 e. The first-order valence-corrected chi connectivity index (χ1v) is 6.03. The van der Waals surface area contributed by atoms with Crippen molar-refractivity contribution in [1.82, 2.24) is 4.90 Å². The van der Waals surface area contributed by atoms with Crippen molar-refractivity contribution >= 4 is 21.8 Å². The highest BCUT2D eigenvalue weighted by atomic mass is 79.9. The fraction of sp³-hybridized carbons (Fsp3) is 0.308. The van der Waals surface area contributed by atoms with Crippen LogP contribution in [0.15, 0.2) is 40.9 Å². The number of carbonyl (C=O) groups excluding carboxylic acids is 1. The molecule has 0 atom stereocenters. The molecular weight excluding hydrogens is 266 g/mol. The van der Waals surface area contributed by atoms with E-state index in [0.29, 0.717) is 18.7 Å². The Morgan fingerprint density at radius 3 is 2.69 bits per heavy atom. The topological polar surface area (TPSA) is 20.3 Å². The van der Waals surface area contributed by atoms with Crippen molar-refractivity contribution in [2.45, 2.75) is 13.8 Å². The summed E-state index contributed by atoms with van der Waals surface area (Å²) in [5.74, 6) is 0.0480. The van der Waals surface area contributed by atoms with Gasteiger partial charge in [0, 0.05) is 23.1 Å². The average Bonchev–Trinajstić information content (AvgIpc) is 2.24. The fourth-order valence-corrected chi connectivity index (χ4v) is 1.86. The summed E-state index contributed by atoms with van der Waals surface area (Å²) in [6.07, 6.45) is 0. The standard InChI is InChI=1S/C13H16BrNO/c1-4-15(9-10(2)3)13(16)11-6-5-7-12(14)8-11/h5-8H,2,4,9H2,1,3H3. The van der Waals surface area contributed by atoms with Crippen molar-refractivity contribution in [2.24, 2.45) is 0 Å². The number of nitrogens with zero attached hydrogens (tertiary/aromatic N) is 1. The number of halogens is 1. The Hall–Kier alpha value is -1.09. The molecule has 0 aromatic heterocycles. The molecule has 3 heteroatoms. The Kier molecular flexibility index (Phi) is 4.74. The molecule has 0 saturated heterocycles. The van der Waals surface area contributed by atoms with Crippen LogP contribution in [0.5, 0.6) is 0 Å². The van der Waals surface area contributed by atoms with Gasteiger partial charge in [0.15, 0.2) is 0 Å². The van der Waals surface area contributed by atoms with E-state index in [9.17, 15) is 4.79 Å². The summed E-state index contributed by atoms with van der Waals surface area (Å²) < 4.78 is 0.921. The molecule has 0 heterocycles. The van der Waals surface area contributed by atoms with Gasteiger partial charge in [-0.2, -0.15) is 0 Å². The maximum atomic E-state index is 12.1. The third-order valence-corrected chi connectivity index (χ3v) is 2.69. The molecule has 0 aliphatic heterocycles. The third kappa shape index (κ3) is 3.49. The number of carbonyl (C=O) groups is 1. The number of rotatable bonds is 4. The van der Waals surface area contributed by atoms with E-state index in [0.717, 1.165) is 10.0 Å². The molecule has 0 radical (unpaired) electrons. The molecular formula is C13H16BrNO. The highest BCUT2D eigenvalue weighted by Gasteiger charge is 2.13. The van der Waals surface area contributed by atoms with Gasteiger partial charge in [0.05, 0.1) is 0 Å². The Balaban J connectivity index is 2.86. The molecule has 0 saturated carbocycles. The summed E-state index contributed by atoms with van der Waals surface area (Å²) in [5.41, 5.74) is 1.70. The molecule has 2 nitrogen and oxygen atoms in total. The van der Waals surface area contributed by atoms with Gasteiger partial charge in [-0.15, -0.1) is 0 Å². The number of likely N-dealkylation sites (N-methyl/N-ethyl adjacent to an activating group) is 1. The SMILES string of the molecule is C=C(C)CN(CC)C(=O)c1cccc(Br)c1. The van der Waals surface area contributed by atoms with Crippen molar-refractivity contribution < 1.29 is 4.79 Å². The molecule has 1 amide bonds. The lowest BCUT2D eigenvalue weighted by molar-refractivity contribution is 0.0778. The fourth-order valence-electron chi connectivity index (χ4n) is 1.46. The first-order chi connectivity index (χ1) is 7.54. The van der Waals surface area contributed by atoms with Crippen LogP contribution in [0.25, 0.3) is 0 Å². The van der Waals surface area contributed by atoms with Gasteiger partial charge in [0.25, 0.3) is 5.91 Å². The maximum Gasteiger partial charge on any atom is 0.254 e. The van der Waals surface area contributed by atoms with Gasteiger partial charge in [-0.25, -0.2) is 0 Å².